The van der Waals surface area contributed by atoms with Crippen LogP contribution in [0, 0.1) is 10.1 Å². The second-order valence-electron chi connectivity index (χ2n) is 3.67. The zero-order valence-corrected chi connectivity index (χ0v) is 9.32. The maximum Gasteiger partial charge on any atom is 0.269 e. The molecule has 0 spiro atoms. The molecule has 3 nitrogen and oxygen atoms in total. The van der Waals surface area contributed by atoms with E-state index < -0.39 is 0 Å². The van der Waals surface area contributed by atoms with Gasteiger partial charge in [0.05, 0.1) is 4.92 Å². The Bertz CT molecular complexity index is 347. The van der Waals surface area contributed by atoms with Crippen LogP contribution >= 0.6 is 0 Å². The first-order valence-electron chi connectivity index (χ1n) is 5.45. The van der Waals surface area contributed by atoms with Crippen LogP contribution in [0.4, 0.5) is 5.69 Å². The van der Waals surface area contributed by atoms with E-state index in [0.29, 0.717) is 0 Å². The van der Waals surface area contributed by atoms with E-state index in [2.05, 4.69) is 13.8 Å². The summed E-state index contributed by atoms with van der Waals surface area (Å²) in [6, 6.07) is 5.19. The fourth-order valence-electron chi connectivity index (χ4n) is 1.67. The van der Waals surface area contributed by atoms with Crippen LogP contribution in [0.1, 0.15) is 37.8 Å². The molecule has 0 aliphatic rings. The van der Waals surface area contributed by atoms with E-state index in [1.54, 1.807) is 12.1 Å². The van der Waals surface area contributed by atoms with Gasteiger partial charge in [0, 0.05) is 12.1 Å². The molecule has 82 valence electrons. The summed E-state index contributed by atoms with van der Waals surface area (Å²) in [4.78, 5) is 10.3. The molecule has 0 aliphatic carbocycles. The topological polar surface area (TPSA) is 43.1 Å². The lowest BCUT2D eigenvalue weighted by atomic mass is 9.99. The molecular formula is C12H17NO2. The Morgan fingerprint density at radius 3 is 2.53 bits per heavy atom. The molecule has 1 rings (SSSR count). The van der Waals surface area contributed by atoms with Crippen LogP contribution in [-0.4, -0.2) is 4.92 Å². The second kappa shape index (κ2) is 5.49. The van der Waals surface area contributed by atoms with Crippen molar-refractivity contribution in [3.63, 3.8) is 0 Å². The van der Waals surface area contributed by atoms with Gasteiger partial charge in [-0.2, -0.15) is 0 Å². The Labute approximate surface area is 90.3 Å². The molecule has 0 bridgehead atoms. The number of non-ortho nitro benzene ring substituents is 1. The molecule has 0 heterocycles. The van der Waals surface area contributed by atoms with Gasteiger partial charge in [-0.1, -0.05) is 26.3 Å². The predicted octanol–water partition coefficient (Wildman–Crippen LogP) is 3.50. The summed E-state index contributed by atoms with van der Waals surface area (Å²) in [6.45, 7) is 4.21. The highest BCUT2D eigenvalue weighted by Crippen LogP contribution is 2.20. The van der Waals surface area contributed by atoms with Gasteiger partial charge in [0.2, 0.25) is 0 Å². The van der Waals surface area contributed by atoms with Gasteiger partial charge in [-0.15, -0.1) is 0 Å². The minimum absolute atomic E-state index is 0.207. The zero-order valence-electron chi connectivity index (χ0n) is 9.32. The number of nitro benzene ring substituents is 1. The first-order valence-corrected chi connectivity index (χ1v) is 5.45. The maximum absolute atomic E-state index is 10.6. The highest BCUT2D eigenvalue weighted by molar-refractivity contribution is 5.40. The number of nitro groups is 1. The van der Waals surface area contributed by atoms with Crippen molar-refractivity contribution in [3.05, 3.63) is 39.4 Å². The summed E-state index contributed by atoms with van der Waals surface area (Å²) < 4.78 is 0. The van der Waals surface area contributed by atoms with E-state index >= 15 is 0 Å². The number of benzene rings is 1. The molecule has 0 aromatic heterocycles. The van der Waals surface area contributed by atoms with Crippen molar-refractivity contribution in [1.82, 2.24) is 0 Å². The Morgan fingerprint density at radius 1 is 1.27 bits per heavy atom. The Kier molecular flexibility index (Phi) is 4.28. The average molecular weight is 207 g/mol. The largest absolute Gasteiger partial charge is 0.269 e. The Morgan fingerprint density at radius 2 is 2.00 bits per heavy atom. The van der Waals surface area contributed by atoms with Crippen LogP contribution in [0.2, 0.25) is 0 Å². The predicted molar refractivity (Wildman–Crippen MR) is 61.1 cm³/mol. The Balaban J connectivity index is 2.96. The van der Waals surface area contributed by atoms with Gasteiger partial charge in [-0.05, 0) is 30.4 Å². The van der Waals surface area contributed by atoms with Gasteiger partial charge >= 0.3 is 0 Å². The van der Waals surface area contributed by atoms with E-state index in [0.717, 1.165) is 31.2 Å². The zero-order chi connectivity index (χ0) is 11.3. The highest BCUT2D eigenvalue weighted by Gasteiger charge is 2.09. The van der Waals surface area contributed by atoms with Crippen molar-refractivity contribution < 1.29 is 4.92 Å². The molecule has 0 fully saturated rings. The van der Waals surface area contributed by atoms with Crippen molar-refractivity contribution in [2.75, 3.05) is 0 Å². The van der Waals surface area contributed by atoms with Crippen LogP contribution in [0.25, 0.3) is 0 Å². The first-order chi connectivity index (χ1) is 7.19. The molecule has 0 saturated carbocycles. The standard InChI is InChI=1S/C12H17NO2/c1-3-5-6-11-9-12(13(14)15)8-7-10(11)4-2/h7-9H,3-6H2,1-2H3. The van der Waals surface area contributed by atoms with Gasteiger partial charge in [0.25, 0.3) is 5.69 Å². The van der Waals surface area contributed by atoms with Gasteiger partial charge in [0.1, 0.15) is 0 Å². The SMILES string of the molecule is CCCCc1cc([N+](=O)[O-])ccc1CC. The highest BCUT2D eigenvalue weighted by atomic mass is 16.6. The molecule has 0 unspecified atom stereocenters. The quantitative estimate of drug-likeness (QED) is 0.547. The molecule has 1 aromatic carbocycles. The minimum atomic E-state index is -0.325. The molecule has 0 atom stereocenters. The number of hydrogen-bond donors (Lipinski definition) is 0. The average Bonchev–Trinajstić information content (AvgIpc) is 2.25. The number of aryl methyl sites for hydroxylation is 2. The van der Waals surface area contributed by atoms with E-state index in [1.165, 1.54) is 5.56 Å². The fourth-order valence-corrected chi connectivity index (χ4v) is 1.67. The fraction of sp³-hybridized carbons (Fsp3) is 0.500. The number of unbranched alkanes of at least 4 members (excludes halogenated alkanes) is 1. The van der Waals surface area contributed by atoms with Crippen molar-refractivity contribution in [1.29, 1.82) is 0 Å². The number of rotatable bonds is 5. The van der Waals surface area contributed by atoms with Gasteiger partial charge in [-0.3, -0.25) is 10.1 Å². The van der Waals surface area contributed by atoms with E-state index in [-0.39, 0.29) is 10.6 Å². The summed E-state index contributed by atoms with van der Waals surface area (Å²) in [5.74, 6) is 0. The summed E-state index contributed by atoms with van der Waals surface area (Å²) in [5.41, 5.74) is 2.57. The summed E-state index contributed by atoms with van der Waals surface area (Å²) >= 11 is 0. The number of nitrogens with zero attached hydrogens (tertiary/aromatic N) is 1. The minimum Gasteiger partial charge on any atom is -0.258 e. The van der Waals surface area contributed by atoms with Gasteiger partial charge in [-0.25, -0.2) is 0 Å². The van der Waals surface area contributed by atoms with Crippen LogP contribution in [0.3, 0.4) is 0 Å². The smallest absolute Gasteiger partial charge is 0.258 e. The summed E-state index contributed by atoms with van der Waals surface area (Å²) in [7, 11) is 0. The van der Waals surface area contributed by atoms with Crippen molar-refractivity contribution in [3.8, 4) is 0 Å². The van der Waals surface area contributed by atoms with Crippen LogP contribution in [0.15, 0.2) is 18.2 Å². The molecule has 0 radical (unpaired) electrons. The van der Waals surface area contributed by atoms with Gasteiger partial charge < -0.3 is 0 Å². The number of hydrogen-bond acceptors (Lipinski definition) is 2. The summed E-state index contributed by atoms with van der Waals surface area (Å²) in [6.07, 6.45) is 4.10. The van der Waals surface area contributed by atoms with Crippen LogP contribution in [-0.2, 0) is 12.8 Å². The lowest BCUT2D eigenvalue weighted by molar-refractivity contribution is -0.384. The first kappa shape index (κ1) is 11.7. The van der Waals surface area contributed by atoms with E-state index in [4.69, 9.17) is 0 Å². The van der Waals surface area contributed by atoms with Crippen molar-refractivity contribution >= 4 is 5.69 Å². The van der Waals surface area contributed by atoms with Crippen LogP contribution in [0.5, 0.6) is 0 Å². The van der Waals surface area contributed by atoms with E-state index in [1.807, 2.05) is 6.07 Å². The van der Waals surface area contributed by atoms with E-state index in [9.17, 15) is 10.1 Å². The van der Waals surface area contributed by atoms with Gasteiger partial charge in [0.15, 0.2) is 0 Å². The third kappa shape index (κ3) is 3.05. The second-order valence-corrected chi connectivity index (χ2v) is 3.67. The molecule has 0 amide bonds. The van der Waals surface area contributed by atoms with Crippen LogP contribution < -0.4 is 0 Å². The van der Waals surface area contributed by atoms with Crippen molar-refractivity contribution in [2.45, 2.75) is 39.5 Å². The molecule has 3 heteroatoms. The lowest BCUT2D eigenvalue weighted by Gasteiger charge is -2.06. The molecule has 15 heavy (non-hydrogen) atoms. The molecule has 0 N–H and O–H groups in total. The third-order valence-corrected chi connectivity index (χ3v) is 2.58. The normalized spacial score (nSPS) is 10.3. The van der Waals surface area contributed by atoms with Crippen molar-refractivity contribution in [2.24, 2.45) is 0 Å². The molecule has 0 saturated heterocycles. The third-order valence-electron chi connectivity index (χ3n) is 2.58. The monoisotopic (exact) mass is 207 g/mol. The maximum atomic E-state index is 10.6. The summed E-state index contributed by atoms with van der Waals surface area (Å²) in [5, 5.41) is 10.6. The molecular weight excluding hydrogens is 190 g/mol. The molecule has 0 aliphatic heterocycles. The lowest BCUT2D eigenvalue weighted by Crippen LogP contribution is -1.96. The molecule has 1 aromatic rings. The Hall–Kier alpha value is -1.38.